The maximum Gasteiger partial charge on any atom is 0.268 e. The van der Waals surface area contributed by atoms with Crippen molar-refractivity contribution in [1.82, 2.24) is 4.98 Å². The topological polar surface area (TPSA) is 116 Å². The van der Waals surface area contributed by atoms with Crippen molar-refractivity contribution in [3.8, 4) is 23.3 Å². The molecular formula is C17H16N4O2. The van der Waals surface area contributed by atoms with Gasteiger partial charge in [0.2, 0.25) is 0 Å². The molecule has 1 aromatic carbocycles. The summed E-state index contributed by atoms with van der Waals surface area (Å²) in [6.45, 7) is 4.26. The van der Waals surface area contributed by atoms with Crippen LogP contribution in [0.25, 0.3) is 11.1 Å². The van der Waals surface area contributed by atoms with Gasteiger partial charge in [-0.25, -0.2) is 0 Å². The number of aromatic amines is 1. The van der Waals surface area contributed by atoms with E-state index in [0.717, 1.165) is 5.56 Å². The lowest BCUT2D eigenvalue weighted by atomic mass is 9.95. The molecule has 116 valence electrons. The number of nitriles is 2. The van der Waals surface area contributed by atoms with E-state index in [1.165, 1.54) is 0 Å². The summed E-state index contributed by atoms with van der Waals surface area (Å²) in [4.78, 5) is 14.3. The summed E-state index contributed by atoms with van der Waals surface area (Å²) in [5.74, 6) is -0.0460. The molecule has 6 nitrogen and oxygen atoms in total. The molecular weight excluding hydrogens is 292 g/mol. The van der Waals surface area contributed by atoms with Crippen molar-refractivity contribution in [3.63, 3.8) is 0 Å². The Morgan fingerprint density at radius 3 is 2.57 bits per heavy atom. The Morgan fingerprint density at radius 2 is 1.96 bits per heavy atom. The van der Waals surface area contributed by atoms with Crippen molar-refractivity contribution in [1.29, 1.82) is 10.5 Å². The number of hydrogen-bond acceptors (Lipinski definition) is 5. The number of anilines is 1. The largest absolute Gasteiger partial charge is 0.384 e. The monoisotopic (exact) mass is 308 g/mol. The van der Waals surface area contributed by atoms with Crippen molar-refractivity contribution in [2.75, 3.05) is 5.73 Å². The molecule has 0 aliphatic heterocycles. The first-order valence-electron chi connectivity index (χ1n) is 7.04. The number of ether oxygens (including phenoxy) is 1. The average Bonchev–Trinajstić information content (AvgIpc) is 2.52. The van der Waals surface area contributed by atoms with Gasteiger partial charge in [0.15, 0.2) is 0 Å². The van der Waals surface area contributed by atoms with Crippen LogP contribution in [0.2, 0.25) is 0 Å². The second-order valence-corrected chi connectivity index (χ2v) is 5.28. The van der Waals surface area contributed by atoms with E-state index in [1.807, 2.05) is 32.1 Å². The number of hydrogen-bond donors (Lipinski definition) is 2. The number of nitrogen functional groups attached to an aromatic ring is 1. The third-order valence-electron chi connectivity index (χ3n) is 3.27. The minimum atomic E-state index is -0.608. The van der Waals surface area contributed by atoms with Crippen LogP contribution in [0.4, 0.5) is 5.82 Å². The Labute approximate surface area is 133 Å². The van der Waals surface area contributed by atoms with Crippen LogP contribution < -0.4 is 11.3 Å². The molecule has 0 atom stereocenters. The van der Waals surface area contributed by atoms with Crippen molar-refractivity contribution in [2.24, 2.45) is 0 Å². The molecule has 0 bridgehead atoms. The van der Waals surface area contributed by atoms with Crippen LogP contribution in [0, 0.1) is 22.7 Å². The van der Waals surface area contributed by atoms with Crippen LogP contribution in [0.5, 0.6) is 0 Å². The van der Waals surface area contributed by atoms with Crippen LogP contribution in [0.1, 0.15) is 30.5 Å². The van der Waals surface area contributed by atoms with E-state index in [-0.39, 0.29) is 28.6 Å². The molecule has 6 heteroatoms. The lowest BCUT2D eigenvalue weighted by Crippen LogP contribution is -2.16. The van der Waals surface area contributed by atoms with E-state index in [9.17, 15) is 15.3 Å². The van der Waals surface area contributed by atoms with Crippen molar-refractivity contribution >= 4 is 5.82 Å². The normalized spacial score (nSPS) is 10.3. The number of benzene rings is 1. The van der Waals surface area contributed by atoms with E-state index in [4.69, 9.17) is 10.5 Å². The zero-order valence-electron chi connectivity index (χ0n) is 12.9. The first-order chi connectivity index (χ1) is 11.0. The lowest BCUT2D eigenvalue weighted by Gasteiger charge is -2.11. The second kappa shape index (κ2) is 6.78. The average molecular weight is 308 g/mol. The highest BCUT2D eigenvalue weighted by molar-refractivity contribution is 5.80. The third-order valence-corrected chi connectivity index (χ3v) is 3.27. The zero-order chi connectivity index (χ0) is 17.0. The smallest absolute Gasteiger partial charge is 0.268 e. The van der Waals surface area contributed by atoms with Gasteiger partial charge in [0.25, 0.3) is 5.56 Å². The maximum absolute atomic E-state index is 11.9. The third kappa shape index (κ3) is 3.39. The van der Waals surface area contributed by atoms with E-state index >= 15 is 0 Å². The van der Waals surface area contributed by atoms with E-state index in [2.05, 4.69) is 4.98 Å². The number of nitrogens with one attached hydrogen (secondary N) is 1. The second-order valence-electron chi connectivity index (χ2n) is 5.28. The number of nitrogens with zero attached hydrogens (tertiary/aromatic N) is 2. The summed E-state index contributed by atoms with van der Waals surface area (Å²) < 4.78 is 5.56. The van der Waals surface area contributed by atoms with Crippen LogP contribution in [0.15, 0.2) is 29.1 Å². The summed E-state index contributed by atoms with van der Waals surface area (Å²) >= 11 is 0. The first kappa shape index (κ1) is 16.3. The molecule has 0 aliphatic carbocycles. The molecule has 3 N–H and O–H groups in total. The van der Waals surface area contributed by atoms with Gasteiger partial charge in [0.05, 0.1) is 12.7 Å². The van der Waals surface area contributed by atoms with Crippen molar-refractivity contribution < 1.29 is 4.74 Å². The van der Waals surface area contributed by atoms with Crippen LogP contribution in [-0.4, -0.2) is 11.1 Å². The summed E-state index contributed by atoms with van der Waals surface area (Å²) in [6, 6.07) is 11.0. The molecule has 0 saturated carbocycles. The highest BCUT2D eigenvalue weighted by Crippen LogP contribution is 2.28. The molecule has 1 aromatic heterocycles. The minimum Gasteiger partial charge on any atom is -0.384 e. The van der Waals surface area contributed by atoms with E-state index in [1.54, 1.807) is 18.2 Å². The van der Waals surface area contributed by atoms with E-state index in [0.29, 0.717) is 12.2 Å². The van der Waals surface area contributed by atoms with Gasteiger partial charge >= 0.3 is 0 Å². The quantitative estimate of drug-likeness (QED) is 0.899. The van der Waals surface area contributed by atoms with Crippen LogP contribution in [0.3, 0.4) is 0 Å². The Kier molecular flexibility index (Phi) is 4.80. The fourth-order valence-corrected chi connectivity index (χ4v) is 2.21. The first-order valence-corrected chi connectivity index (χ1v) is 7.04. The number of nitrogens with two attached hydrogens (primary N) is 1. The number of rotatable bonds is 4. The zero-order valence-corrected chi connectivity index (χ0v) is 12.9. The number of aromatic nitrogens is 1. The van der Waals surface area contributed by atoms with Crippen LogP contribution >= 0.6 is 0 Å². The maximum atomic E-state index is 11.9. The Morgan fingerprint density at radius 1 is 1.26 bits per heavy atom. The summed E-state index contributed by atoms with van der Waals surface area (Å²) in [5, 5.41) is 18.6. The van der Waals surface area contributed by atoms with Gasteiger partial charge in [0.1, 0.15) is 29.1 Å². The molecule has 0 saturated heterocycles. The molecule has 2 aromatic rings. The van der Waals surface area contributed by atoms with Gasteiger partial charge in [-0.2, -0.15) is 10.5 Å². The van der Waals surface area contributed by atoms with Crippen LogP contribution in [-0.2, 0) is 11.3 Å². The summed E-state index contributed by atoms with van der Waals surface area (Å²) in [6.07, 6.45) is 0.0817. The lowest BCUT2D eigenvalue weighted by molar-refractivity contribution is 0.0657. The summed E-state index contributed by atoms with van der Waals surface area (Å²) in [7, 11) is 0. The van der Waals surface area contributed by atoms with Gasteiger partial charge in [0, 0.05) is 5.56 Å². The Bertz CT molecular complexity index is 870. The van der Waals surface area contributed by atoms with Gasteiger partial charge in [-0.05, 0) is 31.0 Å². The van der Waals surface area contributed by atoms with Gasteiger partial charge in [-0.3, -0.25) is 4.79 Å². The summed E-state index contributed by atoms with van der Waals surface area (Å²) in [5.41, 5.74) is 6.78. The molecule has 0 spiro atoms. The molecule has 0 aliphatic rings. The molecule has 2 rings (SSSR count). The predicted octanol–water partition coefficient (Wildman–Crippen LogP) is 2.29. The SMILES string of the molecule is CC(C)OCc1cccc(-c2c(C#N)c(N)[nH]c(=O)c2C#N)c1. The van der Waals surface area contributed by atoms with Gasteiger partial charge in [-0.1, -0.05) is 18.2 Å². The van der Waals surface area contributed by atoms with Gasteiger partial charge in [-0.15, -0.1) is 0 Å². The highest BCUT2D eigenvalue weighted by Gasteiger charge is 2.18. The van der Waals surface area contributed by atoms with Crippen molar-refractivity contribution in [3.05, 3.63) is 51.3 Å². The molecule has 0 radical (unpaired) electrons. The molecule has 0 amide bonds. The fourth-order valence-electron chi connectivity index (χ4n) is 2.21. The Hall–Kier alpha value is -3.09. The fraction of sp³-hybridized carbons (Fsp3) is 0.235. The molecule has 23 heavy (non-hydrogen) atoms. The molecule has 0 unspecified atom stereocenters. The van der Waals surface area contributed by atoms with Crippen molar-refractivity contribution in [2.45, 2.75) is 26.6 Å². The molecule has 1 heterocycles. The Balaban J connectivity index is 2.63. The number of H-pyrrole nitrogens is 1. The number of pyridine rings is 1. The standard InChI is InChI=1S/C17H16N4O2/c1-10(2)23-9-11-4-3-5-12(6-11)15-13(7-18)16(20)21-17(22)14(15)8-19/h3-6,10H,9H2,1-2H3,(H3,20,21,22). The van der Waals surface area contributed by atoms with E-state index < -0.39 is 5.56 Å². The molecule has 0 fully saturated rings. The highest BCUT2D eigenvalue weighted by atomic mass is 16.5. The predicted molar refractivity (Wildman–Crippen MR) is 86.3 cm³/mol. The minimum absolute atomic E-state index is 0.0460. The van der Waals surface area contributed by atoms with Gasteiger partial charge < -0.3 is 15.5 Å².